The van der Waals surface area contributed by atoms with Crippen molar-refractivity contribution in [3.05, 3.63) is 24.8 Å². The number of carbonyl (C=O) groups excluding carboxylic acids is 1. The number of hydrogen-bond acceptors (Lipinski definition) is 10. The molecule has 14 heteroatoms. The summed E-state index contributed by atoms with van der Waals surface area (Å²) >= 11 is 0. The number of anilines is 1. The lowest BCUT2D eigenvalue weighted by molar-refractivity contribution is -0.143. The van der Waals surface area contributed by atoms with Crippen molar-refractivity contribution in [2.24, 2.45) is 12.8 Å². The number of fused-ring (bicyclic) bond motifs is 1. The largest absolute Gasteiger partial charge is 0.480 e. The molecular weight excluding hydrogens is 448 g/mol. The zero-order valence-corrected chi connectivity index (χ0v) is 18.5. The number of aryl methyl sites for hydroxylation is 1. The van der Waals surface area contributed by atoms with Gasteiger partial charge in [0.2, 0.25) is 0 Å². The highest BCUT2D eigenvalue weighted by molar-refractivity contribution is 5.99. The third-order valence-corrected chi connectivity index (χ3v) is 5.83. The zero-order chi connectivity index (χ0) is 24.8. The number of aliphatic hydroxyl groups is 2. The predicted molar refractivity (Wildman–Crippen MR) is 118 cm³/mol. The Balaban J connectivity index is 1.60. The Morgan fingerprint density at radius 2 is 2.03 bits per heavy atom. The van der Waals surface area contributed by atoms with Gasteiger partial charge in [0.1, 0.15) is 35.5 Å². The monoisotopic (exact) mass is 474 g/mol. The zero-order valence-electron chi connectivity index (χ0n) is 18.5. The first kappa shape index (κ1) is 23.6. The molecule has 4 heterocycles. The predicted octanol–water partition coefficient (Wildman–Crippen LogP) is -1.66. The maximum atomic E-state index is 12.6. The van der Waals surface area contributed by atoms with Gasteiger partial charge in [-0.1, -0.05) is 0 Å². The summed E-state index contributed by atoms with van der Waals surface area (Å²) in [4.78, 5) is 32.0. The molecule has 1 saturated heterocycles. The molecule has 0 unspecified atom stereocenters. The van der Waals surface area contributed by atoms with Crippen molar-refractivity contribution < 1.29 is 29.6 Å². The van der Waals surface area contributed by atoms with Crippen LogP contribution in [0.4, 0.5) is 5.82 Å². The fourth-order valence-corrected chi connectivity index (χ4v) is 3.81. The second-order valence-electron chi connectivity index (χ2n) is 8.47. The van der Waals surface area contributed by atoms with Crippen LogP contribution in [0, 0.1) is 0 Å². The number of nitrogens with zero attached hydrogens (tertiary/aromatic N) is 5. The Bertz CT molecular complexity index is 1240. The molecule has 0 aliphatic carbocycles. The van der Waals surface area contributed by atoms with Crippen LogP contribution in [0.3, 0.4) is 0 Å². The van der Waals surface area contributed by atoms with Gasteiger partial charge in [-0.05, 0) is 19.4 Å². The summed E-state index contributed by atoms with van der Waals surface area (Å²) in [6, 6.07) is 1.77. The number of aliphatic carboxylic acids is 1. The highest BCUT2D eigenvalue weighted by Gasteiger charge is 2.48. The fourth-order valence-electron chi connectivity index (χ4n) is 3.81. The van der Waals surface area contributed by atoms with Gasteiger partial charge in [-0.3, -0.25) is 14.3 Å². The molecule has 0 aromatic carbocycles. The number of nitrogens with two attached hydrogens (primary N) is 2. The molecule has 0 radical (unpaired) electrons. The number of aromatic nitrogens is 5. The molecule has 8 N–H and O–H groups in total. The third kappa shape index (κ3) is 4.07. The van der Waals surface area contributed by atoms with Gasteiger partial charge in [0, 0.05) is 31.5 Å². The van der Waals surface area contributed by atoms with Gasteiger partial charge in [0.25, 0.3) is 5.91 Å². The molecule has 14 nitrogen and oxygen atoms in total. The van der Waals surface area contributed by atoms with Gasteiger partial charge >= 0.3 is 5.97 Å². The number of nitrogens with one attached hydrogen (secondary N) is 1. The van der Waals surface area contributed by atoms with E-state index in [9.17, 15) is 19.8 Å². The van der Waals surface area contributed by atoms with Gasteiger partial charge in [-0.15, -0.1) is 0 Å². The molecule has 1 fully saturated rings. The van der Waals surface area contributed by atoms with Crippen LogP contribution in [-0.2, 0) is 21.4 Å². The van der Waals surface area contributed by atoms with E-state index in [0.717, 1.165) is 0 Å². The number of carboxylic acids is 1. The van der Waals surface area contributed by atoms with Gasteiger partial charge in [-0.25, -0.2) is 9.97 Å². The first-order valence-electron chi connectivity index (χ1n) is 10.4. The van der Waals surface area contributed by atoms with E-state index in [1.807, 2.05) is 0 Å². The maximum Gasteiger partial charge on any atom is 0.323 e. The van der Waals surface area contributed by atoms with Crippen LogP contribution in [0.2, 0.25) is 0 Å². The number of ether oxygens (including phenoxy) is 1. The molecule has 5 atom stereocenters. The van der Waals surface area contributed by atoms with E-state index in [4.69, 9.17) is 21.3 Å². The number of rotatable bonds is 7. The van der Waals surface area contributed by atoms with Crippen molar-refractivity contribution >= 4 is 28.7 Å². The van der Waals surface area contributed by atoms with Crippen molar-refractivity contribution in [3.63, 3.8) is 0 Å². The van der Waals surface area contributed by atoms with E-state index < -0.39 is 42.0 Å². The molecule has 3 aromatic heterocycles. The molecule has 0 spiro atoms. The molecule has 1 aliphatic heterocycles. The minimum Gasteiger partial charge on any atom is -0.480 e. The number of carboxylic acid groups (broad SMARTS) is 1. The first-order chi connectivity index (χ1) is 16.0. The number of hydrogen-bond donors (Lipinski definition) is 6. The molecule has 0 bridgehead atoms. The SMILES string of the molecule is Cn1ccc(-c2cn([C@@H]3O[C@H](C(=O)NCC[C@](C)(N)C(=O)O)[C@@H](O)[C@H]3O)c3ncnc(N)c23)n1. The number of nitrogen functional groups attached to an aromatic ring is 1. The second kappa shape index (κ2) is 8.64. The fraction of sp³-hybridized carbons (Fsp3) is 0.450. The van der Waals surface area contributed by atoms with Gasteiger partial charge in [0.05, 0.1) is 11.1 Å². The molecule has 1 amide bonds. The summed E-state index contributed by atoms with van der Waals surface area (Å²) in [6.07, 6.45) is -1.03. The molecule has 1 aliphatic rings. The minimum atomic E-state index is -1.55. The topological polar surface area (TPSA) is 217 Å². The van der Waals surface area contributed by atoms with Crippen LogP contribution in [0.5, 0.6) is 0 Å². The highest BCUT2D eigenvalue weighted by atomic mass is 16.6. The lowest BCUT2D eigenvalue weighted by Crippen LogP contribution is -2.49. The minimum absolute atomic E-state index is 0.0469. The van der Waals surface area contributed by atoms with E-state index in [1.165, 1.54) is 17.8 Å². The van der Waals surface area contributed by atoms with Crippen LogP contribution in [0.1, 0.15) is 19.6 Å². The van der Waals surface area contributed by atoms with Crippen LogP contribution in [-0.4, -0.2) is 81.9 Å². The van der Waals surface area contributed by atoms with Gasteiger partial charge in [-0.2, -0.15) is 5.10 Å². The molecule has 182 valence electrons. The molecule has 3 aromatic rings. The van der Waals surface area contributed by atoms with Crippen molar-refractivity contribution in [2.75, 3.05) is 12.3 Å². The Morgan fingerprint density at radius 3 is 2.68 bits per heavy atom. The summed E-state index contributed by atoms with van der Waals surface area (Å²) in [5.74, 6) is -1.74. The van der Waals surface area contributed by atoms with Crippen molar-refractivity contribution in [2.45, 2.75) is 43.4 Å². The lowest BCUT2D eigenvalue weighted by atomic mass is 10.00. The highest BCUT2D eigenvalue weighted by Crippen LogP contribution is 2.37. The van der Waals surface area contributed by atoms with Crippen molar-refractivity contribution in [3.8, 4) is 11.3 Å². The van der Waals surface area contributed by atoms with Crippen molar-refractivity contribution in [1.82, 2.24) is 29.6 Å². The summed E-state index contributed by atoms with van der Waals surface area (Å²) < 4.78 is 8.83. The molecule has 4 rings (SSSR count). The Labute approximate surface area is 193 Å². The number of amides is 1. The number of aliphatic hydroxyl groups excluding tert-OH is 2. The third-order valence-electron chi connectivity index (χ3n) is 5.83. The lowest BCUT2D eigenvalue weighted by Gasteiger charge is -2.20. The quantitative estimate of drug-likeness (QED) is 0.228. The van der Waals surface area contributed by atoms with Crippen LogP contribution >= 0.6 is 0 Å². The molecule has 0 saturated carbocycles. The van der Waals surface area contributed by atoms with E-state index in [1.54, 1.807) is 30.2 Å². The number of carbonyl (C=O) groups is 2. The Kier molecular flexibility index (Phi) is 5.99. The van der Waals surface area contributed by atoms with Gasteiger partial charge in [0.15, 0.2) is 12.3 Å². The average molecular weight is 474 g/mol. The second-order valence-corrected chi connectivity index (χ2v) is 8.47. The Morgan fingerprint density at radius 1 is 1.29 bits per heavy atom. The molecular formula is C20H26N8O6. The van der Waals surface area contributed by atoms with Crippen LogP contribution in [0.15, 0.2) is 24.8 Å². The van der Waals surface area contributed by atoms with E-state index in [-0.39, 0.29) is 18.8 Å². The summed E-state index contributed by atoms with van der Waals surface area (Å²) in [5, 5.41) is 37.7. The normalized spacial score (nSPS) is 24.3. The Hall–Kier alpha value is -3.59. The van der Waals surface area contributed by atoms with E-state index in [0.29, 0.717) is 22.3 Å². The summed E-state index contributed by atoms with van der Waals surface area (Å²) in [6.45, 7) is 1.26. The summed E-state index contributed by atoms with van der Waals surface area (Å²) in [5.41, 5.74) is 11.7. The van der Waals surface area contributed by atoms with Crippen LogP contribution < -0.4 is 16.8 Å². The van der Waals surface area contributed by atoms with Crippen LogP contribution in [0.25, 0.3) is 22.3 Å². The standard InChI is InChI=1S/C20H26N8O6/c1-20(22,19(32)33)4-5-23-17(31)14-12(29)13(30)18(34-14)28-7-9(10-3-6-27(2)26-10)11-15(21)24-8-25-16(11)28/h3,6-8,12-14,18,29-30H,4-5,22H2,1-2H3,(H,23,31)(H,32,33)(H2,21,24,25)/t12-,13+,14-,18+,20-/m0/s1. The summed E-state index contributed by atoms with van der Waals surface area (Å²) in [7, 11) is 1.76. The van der Waals surface area contributed by atoms with Gasteiger partial charge < -0.3 is 41.4 Å². The molecule has 34 heavy (non-hydrogen) atoms. The maximum absolute atomic E-state index is 12.6. The first-order valence-corrected chi connectivity index (χ1v) is 10.4. The van der Waals surface area contributed by atoms with E-state index in [2.05, 4.69) is 20.4 Å². The smallest absolute Gasteiger partial charge is 0.323 e. The van der Waals surface area contributed by atoms with Crippen molar-refractivity contribution in [1.29, 1.82) is 0 Å². The van der Waals surface area contributed by atoms with E-state index >= 15 is 0 Å². The average Bonchev–Trinajstić information content (AvgIpc) is 3.45.